The molecular formula is C30H32O6. The molecule has 0 amide bonds. The summed E-state index contributed by atoms with van der Waals surface area (Å²) in [7, 11) is 1.37. The van der Waals surface area contributed by atoms with Gasteiger partial charge in [-0.2, -0.15) is 0 Å². The van der Waals surface area contributed by atoms with Crippen molar-refractivity contribution >= 4 is 5.97 Å². The van der Waals surface area contributed by atoms with Gasteiger partial charge in [-0.3, -0.25) is 4.79 Å². The lowest BCUT2D eigenvalue weighted by atomic mass is 9.80. The predicted octanol–water partition coefficient (Wildman–Crippen LogP) is 4.85. The van der Waals surface area contributed by atoms with Crippen LogP contribution in [0.15, 0.2) is 91.0 Å². The van der Waals surface area contributed by atoms with Gasteiger partial charge in [0.05, 0.1) is 26.2 Å². The Kier molecular flexibility index (Phi) is 6.95. The molecule has 2 aliphatic rings. The van der Waals surface area contributed by atoms with E-state index in [1.807, 2.05) is 68.4 Å². The number of fused-ring (bicyclic) bond motifs is 1. The van der Waals surface area contributed by atoms with Gasteiger partial charge < -0.3 is 23.7 Å². The van der Waals surface area contributed by atoms with Crippen molar-refractivity contribution in [3.8, 4) is 0 Å². The largest absolute Gasteiger partial charge is 0.469 e. The fraction of sp³-hybridized carbons (Fsp3) is 0.367. The van der Waals surface area contributed by atoms with Crippen LogP contribution in [-0.2, 0) is 34.1 Å². The molecule has 1 unspecified atom stereocenters. The lowest BCUT2D eigenvalue weighted by Crippen LogP contribution is -2.39. The molecule has 0 radical (unpaired) electrons. The first-order valence-electron chi connectivity index (χ1n) is 12.3. The molecule has 2 fully saturated rings. The Morgan fingerprint density at radius 2 is 1.22 bits per heavy atom. The maximum absolute atomic E-state index is 12.1. The van der Waals surface area contributed by atoms with Crippen LogP contribution in [0.1, 0.15) is 37.0 Å². The number of carbonyl (C=O) groups excluding carboxylic acids is 1. The molecule has 0 saturated carbocycles. The highest BCUT2D eigenvalue weighted by atomic mass is 16.8. The Balaban J connectivity index is 1.52. The lowest BCUT2D eigenvalue weighted by Gasteiger charge is -2.37. The van der Waals surface area contributed by atoms with Crippen molar-refractivity contribution in [2.24, 2.45) is 0 Å². The number of ether oxygens (including phenoxy) is 5. The Bertz CT molecular complexity index is 1050. The predicted molar refractivity (Wildman–Crippen MR) is 134 cm³/mol. The van der Waals surface area contributed by atoms with E-state index in [1.165, 1.54) is 7.11 Å². The van der Waals surface area contributed by atoms with E-state index < -0.39 is 23.6 Å². The number of hydrogen-bond donors (Lipinski definition) is 0. The molecule has 2 saturated heterocycles. The average Bonchev–Trinajstić information content (AvgIpc) is 3.39. The maximum atomic E-state index is 12.1. The van der Waals surface area contributed by atoms with E-state index in [9.17, 15) is 4.79 Å². The van der Waals surface area contributed by atoms with Gasteiger partial charge in [0.25, 0.3) is 0 Å². The van der Waals surface area contributed by atoms with Crippen LogP contribution in [0.5, 0.6) is 0 Å². The van der Waals surface area contributed by atoms with Crippen LogP contribution in [0, 0.1) is 0 Å². The topological polar surface area (TPSA) is 63.2 Å². The highest BCUT2D eigenvalue weighted by Gasteiger charge is 2.56. The fourth-order valence-corrected chi connectivity index (χ4v) is 5.29. The van der Waals surface area contributed by atoms with Crippen LogP contribution in [0.25, 0.3) is 0 Å². The summed E-state index contributed by atoms with van der Waals surface area (Å²) in [4.78, 5) is 12.1. The maximum Gasteiger partial charge on any atom is 0.308 e. The third-order valence-electron chi connectivity index (χ3n) is 6.85. The van der Waals surface area contributed by atoms with Gasteiger partial charge in [-0.15, -0.1) is 0 Å². The molecule has 36 heavy (non-hydrogen) atoms. The summed E-state index contributed by atoms with van der Waals surface area (Å²) in [6, 6.07) is 30.6. The molecule has 2 heterocycles. The van der Waals surface area contributed by atoms with Crippen molar-refractivity contribution in [2.45, 2.75) is 56.1 Å². The molecular weight excluding hydrogens is 456 g/mol. The van der Waals surface area contributed by atoms with Gasteiger partial charge in [0.2, 0.25) is 0 Å². The fourth-order valence-electron chi connectivity index (χ4n) is 5.29. The smallest absolute Gasteiger partial charge is 0.308 e. The molecule has 0 bridgehead atoms. The number of hydrogen-bond acceptors (Lipinski definition) is 6. The van der Waals surface area contributed by atoms with Crippen molar-refractivity contribution in [3.63, 3.8) is 0 Å². The molecule has 3 aromatic carbocycles. The molecule has 0 N–H and O–H groups in total. The monoisotopic (exact) mass is 488 g/mol. The molecule has 2 aliphatic heterocycles. The minimum atomic E-state index is -0.877. The van der Waals surface area contributed by atoms with Crippen molar-refractivity contribution in [3.05, 3.63) is 108 Å². The van der Waals surface area contributed by atoms with Gasteiger partial charge in [-0.1, -0.05) is 91.0 Å². The Morgan fingerprint density at radius 3 is 1.67 bits per heavy atom. The molecule has 5 rings (SSSR count). The van der Waals surface area contributed by atoms with E-state index in [4.69, 9.17) is 23.7 Å². The van der Waals surface area contributed by atoms with Crippen molar-refractivity contribution in [1.82, 2.24) is 0 Å². The zero-order valence-corrected chi connectivity index (χ0v) is 20.8. The van der Waals surface area contributed by atoms with Gasteiger partial charge in [-0.25, -0.2) is 0 Å². The summed E-state index contributed by atoms with van der Waals surface area (Å²) in [6.45, 7) is 3.98. The standard InChI is InChI=1S/C30H32O6/c1-29(2)35-27-24(19-26(31)32-3)34-25(28(27)36-29)20-33-30(21-13-7-4-8-14-21,22-15-9-5-10-16-22)23-17-11-6-12-18-23/h4-18,24-25,27-28H,19-20H2,1-3H3/t24?,25-,27+,28-/m1/s1. The highest BCUT2D eigenvalue weighted by Crippen LogP contribution is 2.44. The lowest BCUT2D eigenvalue weighted by molar-refractivity contribution is -0.197. The van der Waals surface area contributed by atoms with Crippen LogP contribution in [0.4, 0.5) is 0 Å². The number of carbonyl (C=O) groups is 1. The Morgan fingerprint density at radius 1 is 0.778 bits per heavy atom. The first-order chi connectivity index (χ1) is 17.4. The van der Waals surface area contributed by atoms with E-state index >= 15 is 0 Å². The van der Waals surface area contributed by atoms with Crippen LogP contribution >= 0.6 is 0 Å². The van der Waals surface area contributed by atoms with E-state index in [1.54, 1.807) is 0 Å². The second kappa shape index (κ2) is 10.1. The summed E-state index contributed by atoms with van der Waals surface area (Å²) in [5.74, 6) is -1.12. The van der Waals surface area contributed by atoms with Gasteiger partial charge in [0.15, 0.2) is 5.79 Å². The second-order valence-electron chi connectivity index (χ2n) is 9.65. The van der Waals surface area contributed by atoms with Gasteiger partial charge >= 0.3 is 5.97 Å². The first-order valence-corrected chi connectivity index (χ1v) is 12.3. The minimum Gasteiger partial charge on any atom is -0.469 e. The first kappa shape index (κ1) is 24.7. The zero-order chi connectivity index (χ0) is 25.2. The zero-order valence-electron chi connectivity index (χ0n) is 20.8. The van der Waals surface area contributed by atoms with Crippen LogP contribution in [0.2, 0.25) is 0 Å². The summed E-state index contributed by atoms with van der Waals surface area (Å²) in [5, 5.41) is 0. The average molecular weight is 489 g/mol. The quantitative estimate of drug-likeness (QED) is 0.334. The molecule has 4 atom stereocenters. The van der Waals surface area contributed by atoms with Gasteiger partial charge in [0, 0.05) is 0 Å². The molecule has 0 aliphatic carbocycles. The van der Waals surface area contributed by atoms with E-state index in [-0.39, 0.29) is 31.2 Å². The third kappa shape index (κ3) is 4.70. The molecule has 188 valence electrons. The van der Waals surface area contributed by atoms with Crippen molar-refractivity contribution in [2.75, 3.05) is 13.7 Å². The highest BCUT2D eigenvalue weighted by molar-refractivity contribution is 5.70. The van der Waals surface area contributed by atoms with Crippen LogP contribution in [0.3, 0.4) is 0 Å². The second-order valence-corrected chi connectivity index (χ2v) is 9.65. The van der Waals surface area contributed by atoms with E-state index in [2.05, 4.69) is 36.4 Å². The van der Waals surface area contributed by atoms with Gasteiger partial charge in [-0.05, 0) is 30.5 Å². The Hall–Kier alpha value is -3.03. The molecule has 0 spiro atoms. The summed E-state index contributed by atoms with van der Waals surface area (Å²) in [6.07, 6.45) is -1.56. The number of rotatable bonds is 8. The normalized spacial score (nSPS) is 24.9. The van der Waals surface area contributed by atoms with E-state index in [0.717, 1.165) is 16.7 Å². The van der Waals surface area contributed by atoms with Crippen LogP contribution in [-0.4, -0.2) is 49.9 Å². The number of methoxy groups -OCH3 is 1. The van der Waals surface area contributed by atoms with E-state index in [0.29, 0.717) is 0 Å². The third-order valence-corrected chi connectivity index (χ3v) is 6.85. The van der Waals surface area contributed by atoms with Crippen molar-refractivity contribution < 1.29 is 28.5 Å². The minimum absolute atomic E-state index is 0.0921. The summed E-state index contributed by atoms with van der Waals surface area (Å²) >= 11 is 0. The number of benzene rings is 3. The molecule has 3 aromatic rings. The SMILES string of the molecule is COC(=O)CC1O[C@H](COC(c2ccccc2)(c2ccccc2)c2ccccc2)[C@H]2OC(C)(C)O[C@@H]12. The number of esters is 1. The molecule has 6 heteroatoms. The summed E-state index contributed by atoms with van der Waals surface area (Å²) < 4.78 is 30.5. The van der Waals surface area contributed by atoms with Gasteiger partial charge in [0.1, 0.15) is 23.9 Å². The molecule has 0 aromatic heterocycles. The molecule has 6 nitrogen and oxygen atoms in total. The summed E-state index contributed by atoms with van der Waals surface area (Å²) in [5.41, 5.74) is 2.14. The Labute approximate surface area is 212 Å². The van der Waals surface area contributed by atoms with Crippen LogP contribution < -0.4 is 0 Å². The van der Waals surface area contributed by atoms with Crippen molar-refractivity contribution in [1.29, 1.82) is 0 Å².